The van der Waals surface area contributed by atoms with Crippen LogP contribution < -0.4 is 0 Å². The predicted molar refractivity (Wildman–Crippen MR) is 87.8 cm³/mol. The molecule has 3 rings (SSSR count). The molecule has 1 N–H and O–H groups in total. The lowest BCUT2D eigenvalue weighted by molar-refractivity contribution is -0.136. The van der Waals surface area contributed by atoms with Crippen LogP contribution in [-0.2, 0) is 17.6 Å². The molecule has 24 heavy (non-hydrogen) atoms. The van der Waals surface area contributed by atoms with Crippen molar-refractivity contribution in [3.63, 3.8) is 0 Å². The maximum Gasteiger partial charge on any atom is 0.307 e. The van der Waals surface area contributed by atoms with E-state index >= 15 is 0 Å². The van der Waals surface area contributed by atoms with Crippen LogP contribution in [0.2, 0.25) is 0 Å². The van der Waals surface area contributed by atoms with E-state index in [9.17, 15) is 18.0 Å². The number of carboxylic acids is 1. The Labute approximate surface area is 146 Å². The number of halogens is 4. The third-order valence-corrected chi connectivity index (χ3v) is 4.81. The molecule has 0 saturated heterocycles. The highest BCUT2D eigenvalue weighted by atomic mass is 79.9. The van der Waals surface area contributed by atoms with Crippen LogP contribution in [0.5, 0.6) is 0 Å². The Balaban J connectivity index is 1.98. The Kier molecular flexibility index (Phi) is 4.60. The molecule has 3 aromatic rings. The van der Waals surface area contributed by atoms with Gasteiger partial charge in [0.05, 0.1) is 16.1 Å². The molecule has 0 spiro atoms. The average Bonchev–Trinajstić information content (AvgIpc) is 2.88. The van der Waals surface area contributed by atoms with Crippen LogP contribution in [0.3, 0.4) is 0 Å². The maximum absolute atomic E-state index is 13.7. The summed E-state index contributed by atoms with van der Waals surface area (Å²) in [5.74, 6) is -4.26. The molecule has 124 valence electrons. The predicted octanol–water partition coefficient (Wildman–Crippen LogP) is 4.69. The van der Waals surface area contributed by atoms with Crippen LogP contribution in [0.4, 0.5) is 13.2 Å². The van der Waals surface area contributed by atoms with E-state index in [1.807, 2.05) is 0 Å². The first-order chi connectivity index (χ1) is 11.3. The van der Waals surface area contributed by atoms with Crippen LogP contribution in [-0.4, -0.2) is 16.1 Å². The van der Waals surface area contributed by atoms with Crippen molar-refractivity contribution in [1.29, 1.82) is 0 Å². The lowest BCUT2D eigenvalue weighted by atomic mass is 10.1. The highest BCUT2D eigenvalue weighted by Crippen LogP contribution is 2.30. The molecule has 8 heteroatoms. The van der Waals surface area contributed by atoms with Crippen molar-refractivity contribution in [1.82, 2.24) is 4.98 Å². The van der Waals surface area contributed by atoms with Gasteiger partial charge in [-0.25, -0.2) is 18.2 Å². The van der Waals surface area contributed by atoms with Crippen molar-refractivity contribution in [2.24, 2.45) is 0 Å². The molecule has 0 bridgehead atoms. The molecule has 1 aromatic heterocycles. The monoisotopic (exact) mass is 415 g/mol. The quantitative estimate of drug-likeness (QED) is 0.628. The molecule has 0 atom stereocenters. The smallest absolute Gasteiger partial charge is 0.307 e. The molecule has 0 saturated carbocycles. The largest absolute Gasteiger partial charge is 0.481 e. The van der Waals surface area contributed by atoms with Gasteiger partial charge in [0.25, 0.3) is 0 Å². The van der Waals surface area contributed by atoms with E-state index < -0.39 is 23.4 Å². The summed E-state index contributed by atoms with van der Waals surface area (Å²) >= 11 is 4.25. The fourth-order valence-corrected chi connectivity index (χ4v) is 3.96. The van der Waals surface area contributed by atoms with Gasteiger partial charge in [0.2, 0.25) is 0 Å². The Bertz CT molecular complexity index is 958. The average molecular weight is 416 g/mol. The van der Waals surface area contributed by atoms with Gasteiger partial charge in [-0.15, -0.1) is 11.3 Å². The number of fused-ring (bicyclic) bond motifs is 1. The van der Waals surface area contributed by atoms with Crippen molar-refractivity contribution in [2.75, 3.05) is 0 Å². The lowest BCUT2D eigenvalue weighted by Gasteiger charge is -2.04. The molecular formula is C16H9BrF3NO2S. The third-order valence-electron chi connectivity index (χ3n) is 3.29. The summed E-state index contributed by atoms with van der Waals surface area (Å²) in [6.45, 7) is 0. The second-order valence-electron chi connectivity index (χ2n) is 5.15. The number of rotatable bonds is 4. The minimum Gasteiger partial charge on any atom is -0.481 e. The van der Waals surface area contributed by atoms with Gasteiger partial charge in [0.1, 0.15) is 11.3 Å². The molecular weight excluding hydrogens is 407 g/mol. The van der Waals surface area contributed by atoms with E-state index in [0.717, 1.165) is 16.9 Å². The normalized spacial score (nSPS) is 11.2. The number of aliphatic carboxylic acids is 1. The fraction of sp³-hybridized carbons (Fsp3) is 0.125. The summed E-state index contributed by atoms with van der Waals surface area (Å²) in [7, 11) is 0. The zero-order valence-electron chi connectivity index (χ0n) is 11.9. The summed E-state index contributed by atoms with van der Waals surface area (Å²) in [5, 5.41) is 9.29. The number of aromatic nitrogens is 1. The topological polar surface area (TPSA) is 50.2 Å². The van der Waals surface area contributed by atoms with Gasteiger partial charge >= 0.3 is 5.97 Å². The van der Waals surface area contributed by atoms with Gasteiger partial charge < -0.3 is 5.11 Å². The summed E-state index contributed by atoms with van der Waals surface area (Å²) in [6, 6.07) is 5.65. The maximum atomic E-state index is 13.7. The van der Waals surface area contributed by atoms with E-state index in [2.05, 4.69) is 20.9 Å². The lowest BCUT2D eigenvalue weighted by Crippen LogP contribution is -2.01. The molecule has 0 unspecified atom stereocenters. The number of hydrogen-bond acceptors (Lipinski definition) is 3. The first-order valence-corrected chi connectivity index (χ1v) is 8.37. The van der Waals surface area contributed by atoms with Crippen molar-refractivity contribution < 1.29 is 23.1 Å². The number of hydrogen-bond donors (Lipinski definition) is 1. The molecule has 0 aliphatic heterocycles. The first kappa shape index (κ1) is 16.9. The summed E-state index contributed by atoms with van der Waals surface area (Å²) < 4.78 is 41.4. The Morgan fingerprint density at radius 3 is 2.54 bits per heavy atom. The van der Waals surface area contributed by atoms with E-state index in [0.29, 0.717) is 21.1 Å². The van der Waals surface area contributed by atoms with Gasteiger partial charge in [-0.1, -0.05) is 22.0 Å². The second kappa shape index (κ2) is 6.52. The standard InChI is InChI=1S/C16H9BrF3NO2S/c17-9-2-7(1-8(3-9)5-13(22)23)4-12-21-15-14(20)10(18)6-11(19)16(15)24-12/h1-3,6H,4-5H2,(H,22,23). The molecule has 0 fully saturated rings. The Hall–Kier alpha value is -1.93. The zero-order valence-corrected chi connectivity index (χ0v) is 14.3. The van der Waals surface area contributed by atoms with Crippen LogP contribution in [0.15, 0.2) is 28.7 Å². The minimum absolute atomic E-state index is 0.0374. The van der Waals surface area contributed by atoms with E-state index in [4.69, 9.17) is 5.11 Å². The zero-order chi connectivity index (χ0) is 17.4. The van der Waals surface area contributed by atoms with Gasteiger partial charge in [0, 0.05) is 17.0 Å². The van der Waals surface area contributed by atoms with Gasteiger partial charge in [-0.3, -0.25) is 4.79 Å². The summed E-state index contributed by atoms with van der Waals surface area (Å²) in [4.78, 5) is 14.8. The van der Waals surface area contributed by atoms with Crippen molar-refractivity contribution in [3.8, 4) is 0 Å². The van der Waals surface area contributed by atoms with E-state index in [-0.39, 0.29) is 23.1 Å². The number of thiazole rings is 1. The van der Waals surface area contributed by atoms with Crippen molar-refractivity contribution in [2.45, 2.75) is 12.8 Å². The molecule has 3 nitrogen and oxygen atoms in total. The summed E-state index contributed by atoms with van der Waals surface area (Å²) in [6.07, 6.45) is 0.118. The number of carbonyl (C=O) groups is 1. The molecule has 0 amide bonds. The first-order valence-electron chi connectivity index (χ1n) is 6.76. The Morgan fingerprint density at radius 1 is 1.12 bits per heavy atom. The van der Waals surface area contributed by atoms with Crippen molar-refractivity contribution in [3.05, 3.63) is 62.3 Å². The highest BCUT2D eigenvalue weighted by Gasteiger charge is 2.17. The molecule has 2 aromatic carbocycles. The van der Waals surface area contributed by atoms with Crippen LogP contribution >= 0.6 is 27.3 Å². The molecule has 0 aliphatic rings. The van der Waals surface area contributed by atoms with Crippen molar-refractivity contribution >= 4 is 43.5 Å². The Morgan fingerprint density at radius 2 is 1.83 bits per heavy atom. The molecule has 0 aliphatic carbocycles. The van der Waals surface area contributed by atoms with Crippen LogP contribution in [0.1, 0.15) is 16.1 Å². The van der Waals surface area contributed by atoms with Gasteiger partial charge in [0.15, 0.2) is 11.6 Å². The highest BCUT2D eigenvalue weighted by molar-refractivity contribution is 9.10. The number of nitrogens with zero attached hydrogens (tertiary/aromatic N) is 1. The van der Waals surface area contributed by atoms with Gasteiger partial charge in [-0.05, 0) is 23.3 Å². The summed E-state index contributed by atoms with van der Waals surface area (Å²) in [5.41, 5.74) is 1.01. The third kappa shape index (κ3) is 3.44. The second-order valence-corrected chi connectivity index (χ2v) is 7.15. The van der Waals surface area contributed by atoms with E-state index in [1.54, 1.807) is 18.2 Å². The molecule has 1 heterocycles. The number of benzene rings is 2. The van der Waals surface area contributed by atoms with Crippen LogP contribution in [0.25, 0.3) is 10.2 Å². The van der Waals surface area contributed by atoms with E-state index in [1.165, 1.54) is 0 Å². The fourth-order valence-electron chi connectivity index (χ4n) is 2.37. The van der Waals surface area contributed by atoms with Crippen LogP contribution in [0, 0.1) is 17.5 Å². The van der Waals surface area contributed by atoms with Gasteiger partial charge in [-0.2, -0.15) is 0 Å². The molecule has 0 radical (unpaired) electrons. The SMILES string of the molecule is O=C(O)Cc1cc(Br)cc(Cc2nc3c(F)c(F)cc(F)c3s2)c1. The number of carboxylic acid groups (broad SMARTS) is 1. The minimum atomic E-state index is -1.27.